The molecule has 5 nitrogen and oxygen atoms in total. The van der Waals surface area contributed by atoms with Crippen molar-refractivity contribution in [2.24, 2.45) is 13.0 Å². The van der Waals surface area contributed by atoms with Crippen LogP contribution in [0.2, 0.25) is 0 Å². The third-order valence-electron chi connectivity index (χ3n) is 7.58. The Hall–Kier alpha value is -3.93. The van der Waals surface area contributed by atoms with Gasteiger partial charge in [0.15, 0.2) is 0 Å². The maximum Gasteiger partial charge on any atom is 0.255 e. The summed E-state index contributed by atoms with van der Waals surface area (Å²) in [6, 6.07) is 20.4. The number of anilines is 1. The minimum absolute atomic E-state index is 0.110. The fourth-order valence-electron chi connectivity index (χ4n) is 5.44. The summed E-state index contributed by atoms with van der Waals surface area (Å²) in [5.41, 5.74) is 5.20. The van der Waals surface area contributed by atoms with Crippen LogP contribution in [0.1, 0.15) is 53.5 Å². The number of rotatable bonds is 6. The summed E-state index contributed by atoms with van der Waals surface area (Å²) in [5.74, 6) is -0.910. The quantitative estimate of drug-likeness (QED) is 0.354. The van der Waals surface area contributed by atoms with Gasteiger partial charge in [0.25, 0.3) is 5.91 Å². The lowest BCUT2D eigenvalue weighted by atomic mass is 9.91. The Morgan fingerprint density at radius 3 is 2.42 bits per heavy atom. The van der Waals surface area contributed by atoms with Crippen LogP contribution in [-0.4, -0.2) is 27.3 Å². The van der Waals surface area contributed by atoms with E-state index >= 15 is 0 Å². The number of para-hydroxylation sites is 1. The van der Waals surface area contributed by atoms with Crippen molar-refractivity contribution in [1.82, 2.24) is 9.47 Å². The molecule has 3 atom stereocenters. The van der Waals surface area contributed by atoms with E-state index in [2.05, 4.69) is 28.9 Å². The second kappa shape index (κ2) is 9.26. The van der Waals surface area contributed by atoms with Crippen LogP contribution in [0, 0.1) is 18.7 Å². The first-order chi connectivity index (χ1) is 17.3. The number of halogens is 1. The van der Waals surface area contributed by atoms with Gasteiger partial charge in [-0.1, -0.05) is 56.7 Å². The number of benzene rings is 3. The van der Waals surface area contributed by atoms with Crippen LogP contribution in [0.3, 0.4) is 0 Å². The summed E-state index contributed by atoms with van der Waals surface area (Å²) in [6.07, 6.45) is 0.711. The second-order valence-corrected chi connectivity index (χ2v) is 9.60. The highest BCUT2D eigenvalue weighted by molar-refractivity contribution is 6.05. The van der Waals surface area contributed by atoms with Crippen LogP contribution >= 0.6 is 0 Å². The minimum Gasteiger partial charge on any atom is -0.348 e. The summed E-state index contributed by atoms with van der Waals surface area (Å²) in [5, 5.41) is 4.00. The van der Waals surface area contributed by atoms with Crippen molar-refractivity contribution in [3.63, 3.8) is 0 Å². The molecule has 3 unspecified atom stereocenters. The lowest BCUT2D eigenvalue weighted by Crippen LogP contribution is -2.50. The maximum atomic E-state index is 14.0. The number of hydrogen-bond acceptors (Lipinski definition) is 2. The molecule has 0 spiro atoms. The molecule has 5 rings (SSSR count). The van der Waals surface area contributed by atoms with Gasteiger partial charge in [0.2, 0.25) is 5.91 Å². The van der Waals surface area contributed by atoms with Crippen LogP contribution in [-0.2, 0) is 11.8 Å². The zero-order chi connectivity index (χ0) is 25.6. The zero-order valence-electron chi connectivity index (χ0n) is 21.0. The van der Waals surface area contributed by atoms with E-state index in [1.807, 2.05) is 57.3 Å². The lowest BCUT2D eigenvalue weighted by Gasteiger charge is -2.36. The van der Waals surface area contributed by atoms with E-state index in [-0.39, 0.29) is 23.5 Å². The average Bonchev–Trinajstić information content (AvgIpc) is 3.31. The highest BCUT2D eigenvalue weighted by atomic mass is 19.1. The first-order valence-corrected chi connectivity index (χ1v) is 12.3. The molecular weight excluding hydrogens is 453 g/mol. The van der Waals surface area contributed by atoms with Crippen LogP contribution in [0.25, 0.3) is 10.9 Å². The van der Waals surface area contributed by atoms with Crippen molar-refractivity contribution in [2.45, 2.75) is 39.3 Å². The molecule has 1 aromatic heterocycles. The Bertz CT molecular complexity index is 1460. The highest BCUT2D eigenvalue weighted by Gasteiger charge is 2.46. The van der Waals surface area contributed by atoms with Gasteiger partial charge in [-0.15, -0.1) is 0 Å². The van der Waals surface area contributed by atoms with E-state index in [4.69, 9.17) is 0 Å². The van der Waals surface area contributed by atoms with Gasteiger partial charge in [0.1, 0.15) is 11.9 Å². The number of amides is 2. The Balaban J connectivity index is 1.68. The van der Waals surface area contributed by atoms with Crippen molar-refractivity contribution in [2.75, 3.05) is 5.32 Å². The lowest BCUT2D eigenvalue weighted by molar-refractivity contribution is -0.122. The predicted octanol–water partition coefficient (Wildman–Crippen LogP) is 6.22. The van der Waals surface area contributed by atoms with Gasteiger partial charge in [-0.3, -0.25) is 9.59 Å². The molecule has 184 valence electrons. The van der Waals surface area contributed by atoms with E-state index in [0.717, 1.165) is 27.7 Å². The van der Waals surface area contributed by atoms with Crippen LogP contribution in [0.15, 0.2) is 72.8 Å². The molecule has 0 bridgehead atoms. The molecule has 1 aliphatic heterocycles. The molecular formula is C30H30FN3O2. The molecule has 6 heteroatoms. The number of nitrogens with zero attached hydrogens (tertiary/aromatic N) is 2. The van der Waals surface area contributed by atoms with Gasteiger partial charge in [-0.25, -0.2) is 4.39 Å². The summed E-state index contributed by atoms with van der Waals surface area (Å²) < 4.78 is 15.6. The molecule has 0 saturated carbocycles. The second-order valence-electron chi connectivity index (χ2n) is 9.60. The largest absolute Gasteiger partial charge is 0.348 e. The van der Waals surface area contributed by atoms with Crippen molar-refractivity contribution < 1.29 is 14.0 Å². The van der Waals surface area contributed by atoms with Gasteiger partial charge in [-0.2, -0.15) is 0 Å². The van der Waals surface area contributed by atoms with E-state index in [1.54, 1.807) is 4.90 Å². The van der Waals surface area contributed by atoms with Crippen molar-refractivity contribution >= 4 is 28.4 Å². The van der Waals surface area contributed by atoms with Gasteiger partial charge < -0.3 is 14.8 Å². The minimum atomic E-state index is -0.719. The molecule has 36 heavy (non-hydrogen) atoms. The van der Waals surface area contributed by atoms with Crippen LogP contribution < -0.4 is 5.32 Å². The van der Waals surface area contributed by atoms with Crippen molar-refractivity contribution in [3.8, 4) is 0 Å². The Morgan fingerprint density at radius 1 is 1.03 bits per heavy atom. The zero-order valence-corrected chi connectivity index (χ0v) is 21.0. The maximum absolute atomic E-state index is 14.0. The number of carbonyl (C=O) groups is 2. The first-order valence-electron chi connectivity index (χ1n) is 12.3. The summed E-state index contributed by atoms with van der Waals surface area (Å²) >= 11 is 0. The van der Waals surface area contributed by atoms with Crippen LogP contribution in [0.5, 0.6) is 0 Å². The monoisotopic (exact) mass is 483 g/mol. The normalized spacial score (nSPS) is 16.8. The number of nitrogens with one attached hydrogen (secondary N) is 1. The molecule has 2 heterocycles. The summed E-state index contributed by atoms with van der Waals surface area (Å²) in [6.45, 7) is 6.09. The molecule has 0 aliphatic carbocycles. The number of carbonyl (C=O) groups excluding carboxylic acids is 2. The van der Waals surface area contributed by atoms with Gasteiger partial charge in [0.05, 0.1) is 6.04 Å². The molecule has 3 aromatic carbocycles. The molecule has 0 fully saturated rings. The summed E-state index contributed by atoms with van der Waals surface area (Å²) in [7, 11) is 2.03. The third-order valence-corrected chi connectivity index (χ3v) is 7.58. The SMILES string of the molecule is CCC(C)C(C(=O)Nc1ccc(F)cc1)N1C(=O)c2ccccc2C1c1c(C)n(C)c2ccccc12. The molecule has 0 saturated heterocycles. The molecule has 1 aliphatic rings. The molecule has 4 aromatic rings. The van der Waals surface area contributed by atoms with E-state index in [1.165, 1.54) is 24.3 Å². The van der Waals surface area contributed by atoms with E-state index < -0.39 is 12.1 Å². The third kappa shape index (κ3) is 3.77. The predicted molar refractivity (Wildman–Crippen MR) is 140 cm³/mol. The summed E-state index contributed by atoms with van der Waals surface area (Å²) in [4.78, 5) is 29.6. The highest BCUT2D eigenvalue weighted by Crippen LogP contribution is 2.45. The van der Waals surface area contributed by atoms with E-state index in [9.17, 15) is 14.0 Å². The Morgan fingerprint density at radius 2 is 1.69 bits per heavy atom. The molecule has 1 N–H and O–H groups in total. The molecule has 2 amide bonds. The number of aromatic nitrogens is 1. The fourth-order valence-corrected chi connectivity index (χ4v) is 5.44. The van der Waals surface area contributed by atoms with Gasteiger partial charge >= 0.3 is 0 Å². The van der Waals surface area contributed by atoms with Gasteiger partial charge in [0, 0.05) is 40.5 Å². The van der Waals surface area contributed by atoms with Crippen molar-refractivity contribution in [1.29, 1.82) is 0 Å². The van der Waals surface area contributed by atoms with Crippen molar-refractivity contribution in [3.05, 3.63) is 101 Å². The number of aryl methyl sites for hydroxylation is 1. The Kier molecular flexibility index (Phi) is 6.12. The van der Waals surface area contributed by atoms with Crippen LogP contribution in [0.4, 0.5) is 10.1 Å². The number of fused-ring (bicyclic) bond motifs is 2. The fraction of sp³-hybridized carbons (Fsp3) is 0.267. The van der Waals surface area contributed by atoms with E-state index in [0.29, 0.717) is 17.7 Å². The first kappa shape index (κ1) is 23.8. The molecule has 0 radical (unpaired) electrons. The average molecular weight is 484 g/mol. The standard InChI is InChI=1S/C30H30FN3O2/c1-5-18(2)27(29(35)32-21-16-14-20(31)15-17-21)34-28(22-10-6-7-11-23(22)30(34)36)26-19(3)33(4)25-13-9-8-12-24(25)26/h6-18,27-28H,5H2,1-4H3,(H,32,35). The smallest absolute Gasteiger partial charge is 0.255 e. The topological polar surface area (TPSA) is 54.3 Å². The Labute approximate surface area is 210 Å². The number of hydrogen-bond donors (Lipinski definition) is 1. The van der Waals surface area contributed by atoms with Gasteiger partial charge in [-0.05, 0) is 54.8 Å².